The highest BCUT2D eigenvalue weighted by Gasteiger charge is 2.50. The zero-order chi connectivity index (χ0) is 19.8. The van der Waals surface area contributed by atoms with Crippen molar-refractivity contribution in [1.82, 2.24) is 0 Å². The van der Waals surface area contributed by atoms with E-state index in [0.717, 1.165) is 43.4 Å². The fraction of sp³-hybridized carbons (Fsp3) is 0.750. The molecule has 27 heavy (non-hydrogen) atoms. The van der Waals surface area contributed by atoms with Gasteiger partial charge < -0.3 is 14.6 Å². The average molecular weight is 375 g/mol. The molecule has 1 aromatic carbocycles. The maximum absolute atomic E-state index is 10.9. The summed E-state index contributed by atoms with van der Waals surface area (Å²) in [4.78, 5) is 0. The lowest BCUT2D eigenvalue weighted by Gasteiger charge is -2.52. The highest BCUT2D eigenvalue weighted by molar-refractivity contribution is 5.52. The molecule has 0 saturated heterocycles. The van der Waals surface area contributed by atoms with Gasteiger partial charge in [0.05, 0.1) is 11.7 Å². The van der Waals surface area contributed by atoms with Gasteiger partial charge in [-0.05, 0) is 90.3 Å². The Balaban J connectivity index is 1.94. The fourth-order valence-electron chi connectivity index (χ4n) is 5.41. The lowest BCUT2D eigenvalue weighted by atomic mass is 9.62. The quantitative estimate of drug-likeness (QED) is 0.564. The summed E-state index contributed by atoms with van der Waals surface area (Å²) in [5.74, 6) is 1.99. The van der Waals surface area contributed by atoms with Crippen molar-refractivity contribution in [3.8, 4) is 11.5 Å². The SMILES string of the molecule is CCCCCc1cc(O)c2c(c1)OC1(C)CCC(C(C)(C)OC(C)C)C2C1. The van der Waals surface area contributed by atoms with Gasteiger partial charge in [-0.15, -0.1) is 0 Å². The van der Waals surface area contributed by atoms with Crippen LogP contribution in [0.4, 0.5) is 0 Å². The summed E-state index contributed by atoms with van der Waals surface area (Å²) in [6, 6.07) is 4.16. The number of phenolic OH excluding ortho intramolecular Hbond substituents is 1. The summed E-state index contributed by atoms with van der Waals surface area (Å²) in [6.45, 7) is 13.1. The van der Waals surface area contributed by atoms with Crippen molar-refractivity contribution in [2.75, 3.05) is 0 Å². The second kappa shape index (κ2) is 7.66. The Hall–Kier alpha value is -1.22. The van der Waals surface area contributed by atoms with E-state index in [2.05, 4.69) is 47.6 Å². The van der Waals surface area contributed by atoms with Crippen LogP contribution in [-0.4, -0.2) is 22.4 Å². The van der Waals surface area contributed by atoms with Crippen LogP contribution in [0.1, 0.15) is 97.1 Å². The van der Waals surface area contributed by atoms with Crippen molar-refractivity contribution in [1.29, 1.82) is 0 Å². The lowest BCUT2D eigenvalue weighted by molar-refractivity contribution is -0.125. The topological polar surface area (TPSA) is 38.7 Å². The number of unbranched alkanes of at least 4 members (excludes halogenated alkanes) is 2. The molecule has 3 heteroatoms. The summed E-state index contributed by atoms with van der Waals surface area (Å²) in [5, 5.41) is 10.9. The van der Waals surface area contributed by atoms with Gasteiger partial charge in [0.2, 0.25) is 0 Å². The number of ether oxygens (including phenoxy) is 2. The van der Waals surface area contributed by atoms with Gasteiger partial charge in [-0.25, -0.2) is 0 Å². The molecule has 1 aromatic rings. The van der Waals surface area contributed by atoms with Crippen LogP contribution in [0.3, 0.4) is 0 Å². The molecule has 0 radical (unpaired) electrons. The summed E-state index contributed by atoms with van der Waals surface area (Å²) in [7, 11) is 0. The Morgan fingerprint density at radius 1 is 1.30 bits per heavy atom. The molecule has 0 aromatic heterocycles. The smallest absolute Gasteiger partial charge is 0.127 e. The van der Waals surface area contributed by atoms with Gasteiger partial charge in [0.15, 0.2) is 0 Å². The summed E-state index contributed by atoms with van der Waals surface area (Å²) < 4.78 is 12.8. The molecule has 152 valence electrons. The molecule has 1 fully saturated rings. The molecule has 3 nitrogen and oxygen atoms in total. The molecule has 3 unspecified atom stereocenters. The van der Waals surface area contributed by atoms with Gasteiger partial charge in [0, 0.05) is 11.5 Å². The van der Waals surface area contributed by atoms with E-state index in [4.69, 9.17) is 9.47 Å². The maximum Gasteiger partial charge on any atom is 0.127 e. The van der Waals surface area contributed by atoms with Gasteiger partial charge in [0.25, 0.3) is 0 Å². The summed E-state index contributed by atoms with van der Waals surface area (Å²) in [6.07, 6.45) is 7.86. The van der Waals surface area contributed by atoms with Gasteiger partial charge >= 0.3 is 0 Å². The first-order valence-electron chi connectivity index (χ1n) is 10.9. The number of fused-ring (bicyclic) bond motifs is 4. The van der Waals surface area contributed by atoms with E-state index in [0.29, 0.717) is 11.7 Å². The van der Waals surface area contributed by atoms with E-state index in [9.17, 15) is 5.11 Å². The van der Waals surface area contributed by atoms with Gasteiger partial charge in [-0.3, -0.25) is 0 Å². The first-order valence-corrected chi connectivity index (χ1v) is 10.9. The Kier molecular flexibility index (Phi) is 5.82. The normalized spacial score (nSPS) is 27.4. The molecular weight excluding hydrogens is 336 g/mol. The summed E-state index contributed by atoms with van der Waals surface area (Å²) >= 11 is 0. The minimum absolute atomic E-state index is 0.128. The van der Waals surface area contributed by atoms with Crippen LogP contribution >= 0.6 is 0 Å². The monoisotopic (exact) mass is 374 g/mol. The van der Waals surface area contributed by atoms with Crippen molar-refractivity contribution >= 4 is 0 Å². The van der Waals surface area contributed by atoms with E-state index in [-0.39, 0.29) is 23.2 Å². The Bertz CT molecular complexity index is 664. The van der Waals surface area contributed by atoms with Crippen molar-refractivity contribution < 1.29 is 14.6 Å². The molecule has 3 atom stereocenters. The molecule has 1 N–H and O–H groups in total. The molecule has 0 amide bonds. The zero-order valence-electron chi connectivity index (χ0n) is 18.1. The average Bonchev–Trinajstić information content (AvgIpc) is 2.52. The third-order valence-electron chi connectivity index (χ3n) is 6.53. The number of aromatic hydroxyl groups is 1. The number of hydrogen-bond donors (Lipinski definition) is 1. The standard InChI is InChI=1S/C24H38O3/c1-7-8-9-10-17-13-20(25)22-18-15-24(6,27-21(22)14-17)12-11-19(18)23(4,5)26-16(2)3/h13-14,16,18-19,25H,7-12,15H2,1-6H3. The molecular formula is C24H38O3. The van der Waals surface area contributed by atoms with Crippen LogP contribution in [0.5, 0.6) is 11.5 Å². The van der Waals surface area contributed by atoms with E-state index in [1.165, 1.54) is 18.4 Å². The van der Waals surface area contributed by atoms with E-state index in [1.807, 2.05) is 6.07 Å². The van der Waals surface area contributed by atoms with E-state index in [1.54, 1.807) is 0 Å². The highest BCUT2D eigenvalue weighted by atomic mass is 16.5. The maximum atomic E-state index is 10.9. The molecule has 1 heterocycles. The Morgan fingerprint density at radius 3 is 2.70 bits per heavy atom. The molecule has 2 bridgehead atoms. The second-order valence-electron chi connectivity index (χ2n) is 9.76. The third-order valence-corrected chi connectivity index (χ3v) is 6.53. The van der Waals surface area contributed by atoms with Crippen molar-refractivity contribution in [2.24, 2.45) is 5.92 Å². The zero-order valence-corrected chi connectivity index (χ0v) is 18.1. The van der Waals surface area contributed by atoms with Crippen molar-refractivity contribution in [3.63, 3.8) is 0 Å². The van der Waals surface area contributed by atoms with Crippen molar-refractivity contribution in [3.05, 3.63) is 23.3 Å². The predicted molar refractivity (Wildman–Crippen MR) is 111 cm³/mol. The van der Waals surface area contributed by atoms with Crippen LogP contribution < -0.4 is 4.74 Å². The predicted octanol–water partition coefficient (Wildman–Crippen LogP) is 6.36. The Labute approximate surface area is 165 Å². The van der Waals surface area contributed by atoms with Gasteiger partial charge in [0.1, 0.15) is 17.1 Å². The van der Waals surface area contributed by atoms with Crippen LogP contribution in [0.25, 0.3) is 0 Å². The third kappa shape index (κ3) is 4.29. The number of benzene rings is 1. The lowest BCUT2D eigenvalue weighted by Crippen LogP contribution is -2.50. The molecule has 2 aliphatic rings. The fourth-order valence-corrected chi connectivity index (χ4v) is 5.41. The minimum Gasteiger partial charge on any atom is -0.508 e. The number of phenols is 1. The molecule has 1 aliphatic carbocycles. The van der Waals surface area contributed by atoms with Crippen LogP contribution in [0.2, 0.25) is 0 Å². The summed E-state index contributed by atoms with van der Waals surface area (Å²) in [5.41, 5.74) is 1.85. The number of hydrogen-bond acceptors (Lipinski definition) is 3. The van der Waals surface area contributed by atoms with Crippen LogP contribution in [0, 0.1) is 5.92 Å². The Morgan fingerprint density at radius 2 is 2.04 bits per heavy atom. The van der Waals surface area contributed by atoms with Gasteiger partial charge in [-0.2, -0.15) is 0 Å². The number of aryl methyl sites for hydroxylation is 1. The van der Waals surface area contributed by atoms with Crippen molar-refractivity contribution in [2.45, 2.75) is 110 Å². The van der Waals surface area contributed by atoms with Crippen LogP contribution in [0.15, 0.2) is 12.1 Å². The molecule has 1 saturated carbocycles. The van der Waals surface area contributed by atoms with Gasteiger partial charge in [-0.1, -0.05) is 19.8 Å². The molecule has 0 spiro atoms. The highest BCUT2D eigenvalue weighted by Crippen LogP contribution is 2.57. The van der Waals surface area contributed by atoms with E-state index < -0.39 is 0 Å². The minimum atomic E-state index is -0.221. The largest absolute Gasteiger partial charge is 0.508 e. The molecule has 3 rings (SSSR count). The number of rotatable bonds is 7. The second-order valence-corrected chi connectivity index (χ2v) is 9.76. The van der Waals surface area contributed by atoms with Crippen LogP contribution in [-0.2, 0) is 11.2 Å². The molecule has 1 aliphatic heterocycles. The first kappa shape index (κ1) is 20.5. The first-order chi connectivity index (χ1) is 12.6. The van der Waals surface area contributed by atoms with E-state index >= 15 is 0 Å².